The van der Waals surface area contributed by atoms with Gasteiger partial charge in [0.2, 0.25) is 0 Å². The van der Waals surface area contributed by atoms with Crippen LogP contribution in [0.15, 0.2) is 22.1 Å². The first kappa shape index (κ1) is 14.1. The summed E-state index contributed by atoms with van der Waals surface area (Å²) in [6, 6.07) is 5.37. The van der Waals surface area contributed by atoms with Crippen LogP contribution in [0.4, 0.5) is 0 Å². The summed E-state index contributed by atoms with van der Waals surface area (Å²) in [5, 5.41) is 11.7. The smallest absolute Gasteiger partial charge is 0.262 e. The molecule has 5 nitrogen and oxygen atoms in total. The standard InChI is InChI=1S/C13H13IN2O3/c14-12-4-3-10(19-12)6-9(7-15)13(17)16-8-11-2-1-5-18-11/h3-4,6,11H,1-2,5,8H2,(H,16,17)/b9-6+/t11-/m0/s1. The van der Waals surface area contributed by atoms with E-state index in [1.807, 2.05) is 28.7 Å². The van der Waals surface area contributed by atoms with Crippen LogP contribution in [0.3, 0.4) is 0 Å². The Morgan fingerprint density at radius 1 is 1.63 bits per heavy atom. The third-order valence-electron chi connectivity index (χ3n) is 2.76. The lowest BCUT2D eigenvalue weighted by atomic mass is 10.2. The van der Waals surface area contributed by atoms with E-state index >= 15 is 0 Å². The first-order valence-electron chi connectivity index (χ1n) is 5.96. The van der Waals surface area contributed by atoms with Crippen molar-refractivity contribution in [3.05, 3.63) is 27.2 Å². The zero-order chi connectivity index (χ0) is 13.7. The highest BCUT2D eigenvalue weighted by Gasteiger charge is 2.17. The van der Waals surface area contributed by atoms with Crippen molar-refractivity contribution >= 4 is 34.6 Å². The van der Waals surface area contributed by atoms with Crippen LogP contribution in [-0.2, 0) is 9.53 Å². The fourth-order valence-corrected chi connectivity index (χ4v) is 2.24. The van der Waals surface area contributed by atoms with E-state index in [-0.39, 0.29) is 11.7 Å². The van der Waals surface area contributed by atoms with Gasteiger partial charge < -0.3 is 14.5 Å². The van der Waals surface area contributed by atoms with Gasteiger partial charge in [0.1, 0.15) is 17.4 Å². The molecule has 1 amide bonds. The fourth-order valence-electron chi connectivity index (χ4n) is 1.80. The van der Waals surface area contributed by atoms with Crippen LogP contribution in [0.25, 0.3) is 6.08 Å². The van der Waals surface area contributed by atoms with Crippen LogP contribution in [-0.4, -0.2) is 25.2 Å². The van der Waals surface area contributed by atoms with E-state index in [4.69, 9.17) is 14.4 Å². The molecule has 2 heterocycles. The van der Waals surface area contributed by atoms with Crippen molar-refractivity contribution in [3.8, 4) is 6.07 Å². The summed E-state index contributed by atoms with van der Waals surface area (Å²) in [6.45, 7) is 1.18. The minimum Gasteiger partial charge on any atom is -0.451 e. The number of amides is 1. The van der Waals surface area contributed by atoms with Gasteiger partial charge in [0.05, 0.1) is 6.10 Å². The van der Waals surface area contributed by atoms with Gasteiger partial charge in [-0.05, 0) is 47.6 Å². The molecule has 1 N–H and O–H groups in total. The maximum Gasteiger partial charge on any atom is 0.262 e. The van der Waals surface area contributed by atoms with Crippen LogP contribution in [0.5, 0.6) is 0 Å². The highest BCUT2D eigenvalue weighted by molar-refractivity contribution is 14.1. The summed E-state index contributed by atoms with van der Waals surface area (Å²) < 4.78 is 11.4. The third-order valence-corrected chi connectivity index (χ3v) is 3.34. The number of rotatable bonds is 4. The SMILES string of the molecule is N#C/C(=C\c1ccc(I)o1)C(=O)NC[C@@H]1CCCO1. The summed E-state index contributed by atoms with van der Waals surface area (Å²) >= 11 is 2.02. The number of halogens is 1. The zero-order valence-electron chi connectivity index (χ0n) is 10.2. The molecule has 1 fully saturated rings. The highest BCUT2D eigenvalue weighted by Crippen LogP contribution is 2.14. The molecule has 1 aliphatic heterocycles. The Bertz CT molecular complexity index is 524. The quantitative estimate of drug-likeness (QED) is 0.499. The van der Waals surface area contributed by atoms with Crippen molar-refractivity contribution in [1.82, 2.24) is 5.32 Å². The Hall–Kier alpha value is -1.33. The lowest BCUT2D eigenvalue weighted by Crippen LogP contribution is -2.32. The number of ether oxygens (including phenoxy) is 1. The molecule has 0 aliphatic carbocycles. The number of nitriles is 1. The van der Waals surface area contributed by atoms with E-state index in [1.54, 1.807) is 12.1 Å². The molecule has 19 heavy (non-hydrogen) atoms. The van der Waals surface area contributed by atoms with Gasteiger partial charge >= 0.3 is 0 Å². The second-order valence-corrected chi connectivity index (χ2v) is 5.22. The molecule has 0 spiro atoms. The third kappa shape index (κ3) is 4.08. The van der Waals surface area contributed by atoms with Gasteiger partial charge in [-0.1, -0.05) is 0 Å². The first-order valence-corrected chi connectivity index (χ1v) is 7.04. The van der Waals surface area contributed by atoms with Crippen LogP contribution < -0.4 is 5.32 Å². The molecule has 2 rings (SSSR count). The predicted molar refractivity (Wildman–Crippen MR) is 77.0 cm³/mol. The molecule has 1 aromatic heterocycles. The van der Waals surface area contributed by atoms with Crippen LogP contribution in [0.1, 0.15) is 18.6 Å². The Kier molecular flexibility index (Phi) is 4.99. The normalized spacial score (nSPS) is 19.2. The monoisotopic (exact) mass is 372 g/mol. The number of furan rings is 1. The molecule has 1 atom stereocenters. The van der Waals surface area contributed by atoms with Gasteiger partial charge in [-0.15, -0.1) is 0 Å². The first-order chi connectivity index (χ1) is 9.19. The van der Waals surface area contributed by atoms with Gasteiger partial charge in [-0.25, -0.2) is 0 Å². The number of nitrogens with one attached hydrogen (secondary N) is 1. The van der Waals surface area contributed by atoms with Gasteiger partial charge in [0.25, 0.3) is 5.91 Å². The van der Waals surface area contributed by atoms with E-state index in [2.05, 4.69) is 5.32 Å². The maximum absolute atomic E-state index is 11.8. The summed E-state index contributed by atoms with van der Waals surface area (Å²) in [6.07, 6.45) is 3.47. The van der Waals surface area contributed by atoms with Gasteiger partial charge in [-0.3, -0.25) is 4.79 Å². The Labute approximate surface area is 124 Å². The minimum atomic E-state index is -0.399. The van der Waals surface area contributed by atoms with Crippen molar-refractivity contribution in [2.45, 2.75) is 18.9 Å². The largest absolute Gasteiger partial charge is 0.451 e. The summed E-state index contributed by atoms with van der Waals surface area (Å²) in [4.78, 5) is 11.8. The number of carbonyl (C=O) groups is 1. The zero-order valence-corrected chi connectivity index (χ0v) is 12.3. The number of nitrogens with zero attached hydrogens (tertiary/aromatic N) is 1. The van der Waals surface area contributed by atoms with E-state index in [9.17, 15) is 4.79 Å². The minimum absolute atomic E-state index is 0.0312. The molecule has 0 bridgehead atoms. The fraction of sp³-hybridized carbons (Fsp3) is 0.385. The van der Waals surface area contributed by atoms with Gasteiger partial charge in [0, 0.05) is 19.2 Å². The van der Waals surface area contributed by atoms with Crippen molar-refractivity contribution in [1.29, 1.82) is 5.26 Å². The lowest BCUT2D eigenvalue weighted by molar-refractivity contribution is -0.117. The maximum atomic E-state index is 11.8. The lowest BCUT2D eigenvalue weighted by Gasteiger charge is -2.09. The topological polar surface area (TPSA) is 75.3 Å². The number of carbonyl (C=O) groups excluding carboxylic acids is 1. The molecule has 6 heteroatoms. The molecule has 0 saturated carbocycles. The van der Waals surface area contributed by atoms with Crippen molar-refractivity contribution in [3.63, 3.8) is 0 Å². The molecule has 0 aromatic carbocycles. The Morgan fingerprint density at radius 2 is 2.47 bits per heavy atom. The molecule has 1 aliphatic rings. The van der Waals surface area contributed by atoms with Crippen LogP contribution in [0, 0.1) is 15.1 Å². The van der Waals surface area contributed by atoms with E-state index in [0.717, 1.165) is 19.4 Å². The van der Waals surface area contributed by atoms with E-state index in [0.29, 0.717) is 16.1 Å². The van der Waals surface area contributed by atoms with Crippen LogP contribution in [0.2, 0.25) is 0 Å². The van der Waals surface area contributed by atoms with Gasteiger partial charge in [0.15, 0.2) is 3.77 Å². The van der Waals surface area contributed by atoms with Crippen LogP contribution >= 0.6 is 22.6 Å². The number of hydrogen-bond acceptors (Lipinski definition) is 4. The van der Waals surface area contributed by atoms with E-state index < -0.39 is 5.91 Å². The van der Waals surface area contributed by atoms with Gasteiger partial charge in [-0.2, -0.15) is 5.26 Å². The molecular weight excluding hydrogens is 359 g/mol. The predicted octanol–water partition coefficient (Wildman–Crippen LogP) is 2.09. The number of hydrogen-bond donors (Lipinski definition) is 1. The molecule has 100 valence electrons. The molecule has 0 radical (unpaired) electrons. The highest BCUT2D eigenvalue weighted by atomic mass is 127. The summed E-state index contributed by atoms with van der Waals surface area (Å²) in [5.74, 6) is 0.0950. The van der Waals surface area contributed by atoms with Crippen molar-refractivity contribution in [2.24, 2.45) is 0 Å². The molecule has 1 aromatic rings. The van der Waals surface area contributed by atoms with Crippen molar-refractivity contribution < 1.29 is 13.9 Å². The molecular formula is C13H13IN2O3. The van der Waals surface area contributed by atoms with E-state index in [1.165, 1.54) is 6.08 Å². The molecule has 0 unspecified atom stereocenters. The Balaban J connectivity index is 1.95. The summed E-state index contributed by atoms with van der Waals surface area (Å²) in [5.41, 5.74) is 0.0312. The second-order valence-electron chi connectivity index (χ2n) is 4.16. The average Bonchev–Trinajstić information content (AvgIpc) is 3.04. The second kappa shape index (κ2) is 6.73. The Morgan fingerprint density at radius 3 is 3.05 bits per heavy atom. The summed E-state index contributed by atoms with van der Waals surface area (Å²) in [7, 11) is 0. The van der Waals surface area contributed by atoms with Crippen molar-refractivity contribution in [2.75, 3.05) is 13.2 Å². The average molecular weight is 372 g/mol. The molecule has 1 saturated heterocycles.